The summed E-state index contributed by atoms with van der Waals surface area (Å²) in [5.41, 5.74) is 0. The molecule has 0 unspecified atom stereocenters. The first kappa shape index (κ1) is 18.7. The van der Waals surface area contributed by atoms with Crippen LogP contribution in [0.4, 0.5) is 0 Å². The Morgan fingerprint density at radius 2 is 1.76 bits per heavy atom. The fourth-order valence-electron chi connectivity index (χ4n) is 1.75. The number of allylic oxidation sites excluding steroid dienone is 1. The standard InChI is InChI=1S/C16H25O3PSe/c1-4-7-9-14-16(20(17,18-5-2)19-6-3)21-15-12-10-8-11-13-15/h8,10-14H,4-7,9H2,1-3H3/b16-14-. The van der Waals surface area contributed by atoms with Crippen molar-refractivity contribution in [1.29, 1.82) is 0 Å². The Balaban J connectivity index is 2.99. The first-order valence-corrected chi connectivity index (χ1v) is 10.7. The number of hydrogen-bond acceptors (Lipinski definition) is 3. The van der Waals surface area contributed by atoms with Crippen LogP contribution in [0.2, 0.25) is 0 Å². The number of hydrogen-bond donors (Lipinski definition) is 0. The summed E-state index contributed by atoms with van der Waals surface area (Å²) in [4.78, 5) is 0. The van der Waals surface area contributed by atoms with Gasteiger partial charge in [0.25, 0.3) is 0 Å². The average molecular weight is 375 g/mol. The van der Waals surface area contributed by atoms with Gasteiger partial charge < -0.3 is 0 Å². The van der Waals surface area contributed by atoms with E-state index in [0.717, 1.165) is 23.5 Å². The van der Waals surface area contributed by atoms with Gasteiger partial charge in [0.05, 0.1) is 0 Å². The molecule has 0 aromatic heterocycles. The molecule has 0 radical (unpaired) electrons. The molecule has 0 atom stereocenters. The molecule has 1 aromatic rings. The van der Waals surface area contributed by atoms with Crippen molar-refractivity contribution in [1.82, 2.24) is 0 Å². The van der Waals surface area contributed by atoms with Crippen LogP contribution in [0.25, 0.3) is 0 Å². The Labute approximate surface area is 134 Å². The van der Waals surface area contributed by atoms with Gasteiger partial charge in [0, 0.05) is 0 Å². The van der Waals surface area contributed by atoms with E-state index in [1.165, 1.54) is 4.46 Å². The quantitative estimate of drug-likeness (QED) is 0.347. The monoisotopic (exact) mass is 376 g/mol. The molecule has 0 amide bonds. The number of rotatable bonds is 10. The predicted octanol–water partition coefficient (Wildman–Crippen LogP) is 4.31. The number of unbranched alkanes of at least 4 members (excludes halogenated alkanes) is 2. The summed E-state index contributed by atoms with van der Waals surface area (Å²) >= 11 is -0.0329. The second-order valence-corrected chi connectivity index (χ2v) is 9.45. The molecule has 21 heavy (non-hydrogen) atoms. The third-order valence-electron chi connectivity index (χ3n) is 2.71. The van der Waals surface area contributed by atoms with Gasteiger partial charge in [0.1, 0.15) is 0 Å². The van der Waals surface area contributed by atoms with Gasteiger partial charge in [0.15, 0.2) is 0 Å². The van der Waals surface area contributed by atoms with E-state index in [2.05, 4.69) is 25.1 Å². The topological polar surface area (TPSA) is 35.5 Å². The summed E-state index contributed by atoms with van der Waals surface area (Å²) in [5, 5.41) is 0. The molecule has 118 valence electrons. The Bertz CT molecular complexity index is 464. The van der Waals surface area contributed by atoms with Crippen LogP contribution in [0, 0.1) is 0 Å². The summed E-state index contributed by atoms with van der Waals surface area (Å²) < 4.78 is 26.1. The van der Waals surface area contributed by atoms with Gasteiger partial charge in [-0.3, -0.25) is 0 Å². The molecule has 5 heteroatoms. The Morgan fingerprint density at radius 3 is 2.29 bits per heavy atom. The van der Waals surface area contributed by atoms with Gasteiger partial charge in [-0.2, -0.15) is 0 Å². The molecule has 0 bridgehead atoms. The first-order valence-electron chi connectivity index (χ1n) is 7.49. The van der Waals surface area contributed by atoms with E-state index in [9.17, 15) is 4.57 Å². The molecule has 0 aliphatic rings. The van der Waals surface area contributed by atoms with E-state index < -0.39 is 7.60 Å². The zero-order chi connectivity index (χ0) is 15.6. The Morgan fingerprint density at radius 1 is 1.14 bits per heavy atom. The van der Waals surface area contributed by atoms with E-state index in [1.54, 1.807) is 0 Å². The van der Waals surface area contributed by atoms with Crippen molar-refractivity contribution in [3.05, 3.63) is 40.6 Å². The van der Waals surface area contributed by atoms with Crippen molar-refractivity contribution in [3.8, 4) is 0 Å². The van der Waals surface area contributed by atoms with Gasteiger partial charge >= 0.3 is 134 Å². The van der Waals surface area contributed by atoms with Crippen molar-refractivity contribution in [2.45, 2.75) is 40.0 Å². The van der Waals surface area contributed by atoms with E-state index in [-0.39, 0.29) is 15.0 Å². The molecule has 0 N–H and O–H groups in total. The van der Waals surface area contributed by atoms with Crippen molar-refractivity contribution in [2.75, 3.05) is 13.2 Å². The minimum atomic E-state index is -3.15. The molecule has 0 fully saturated rings. The maximum atomic E-state index is 13.0. The fraction of sp³-hybridized carbons (Fsp3) is 0.500. The van der Waals surface area contributed by atoms with Crippen molar-refractivity contribution >= 4 is 27.0 Å². The van der Waals surface area contributed by atoms with Crippen molar-refractivity contribution in [2.24, 2.45) is 0 Å². The summed E-state index contributed by atoms with van der Waals surface area (Å²) in [6.07, 6.45) is 5.20. The molecule has 0 spiro atoms. The molecule has 0 aliphatic heterocycles. The Hall–Kier alpha value is -0.371. The van der Waals surface area contributed by atoms with Gasteiger partial charge in [-0.1, -0.05) is 0 Å². The van der Waals surface area contributed by atoms with Crippen molar-refractivity contribution in [3.63, 3.8) is 0 Å². The van der Waals surface area contributed by atoms with E-state index in [4.69, 9.17) is 9.05 Å². The van der Waals surface area contributed by atoms with Gasteiger partial charge in [-0.05, 0) is 0 Å². The average Bonchev–Trinajstić information content (AvgIpc) is 2.48. The summed E-state index contributed by atoms with van der Waals surface area (Å²) in [6, 6.07) is 10.1. The Kier molecular flexibility index (Phi) is 9.22. The van der Waals surface area contributed by atoms with Gasteiger partial charge in [-0.15, -0.1) is 0 Å². The van der Waals surface area contributed by atoms with Crippen LogP contribution < -0.4 is 4.46 Å². The minimum absolute atomic E-state index is 0.0329. The molecule has 1 aromatic carbocycles. The molecule has 0 saturated heterocycles. The fourth-order valence-corrected chi connectivity index (χ4v) is 6.68. The van der Waals surface area contributed by atoms with Crippen LogP contribution in [0.5, 0.6) is 0 Å². The number of benzene rings is 1. The van der Waals surface area contributed by atoms with Crippen LogP contribution >= 0.6 is 7.60 Å². The normalized spacial score (nSPS) is 12.6. The molecule has 1 rings (SSSR count). The SMILES string of the molecule is CCCC/C=C(\[Se]c1ccccc1)P(=O)(OCC)OCC. The van der Waals surface area contributed by atoms with Crippen molar-refractivity contribution < 1.29 is 13.6 Å². The predicted molar refractivity (Wildman–Crippen MR) is 90.3 cm³/mol. The van der Waals surface area contributed by atoms with Gasteiger partial charge in [0.2, 0.25) is 0 Å². The van der Waals surface area contributed by atoms with Crippen LogP contribution in [0.1, 0.15) is 40.0 Å². The van der Waals surface area contributed by atoms with E-state index >= 15 is 0 Å². The van der Waals surface area contributed by atoms with Crippen LogP contribution in [-0.2, 0) is 13.6 Å². The maximum absolute atomic E-state index is 13.0. The van der Waals surface area contributed by atoms with E-state index in [0.29, 0.717) is 13.2 Å². The summed E-state index contributed by atoms with van der Waals surface area (Å²) in [7, 11) is -3.15. The zero-order valence-corrected chi connectivity index (χ0v) is 15.7. The second kappa shape index (κ2) is 10.4. The molecule has 0 heterocycles. The van der Waals surface area contributed by atoms with E-state index in [1.807, 2.05) is 32.0 Å². The van der Waals surface area contributed by atoms with Crippen LogP contribution in [-0.4, -0.2) is 28.2 Å². The van der Waals surface area contributed by atoms with Gasteiger partial charge in [-0.25, -0.2) is 0 Å². The third kappa shape index (κ3) is 6.50. The second-order valence-electron chi connectivity index (χ2n) is 4.43. The molecule has 0 saturated carbocycles. The third-order valence-corrected chi connectivity index (χ3v) is 8.36. The zero-order valence-electron chi connectivity index (χ0n) is 13.1. The van der Waals surface area contributed by atoms with Crippen LogP contribution in [0.15, 0.2) is 40.6 Å². The molecular weight excluding hydrogens is 350 g/mol. The summed E-state index contributed by atoms with van der Waals surface area (Å²) in [6.45, 7) is 6.65. The first-order chi connectivity index (χ1) is 10.2. The van der Waals surface area contributed by atoms with Crippen LogP contribution in [0.3, 0.4) is 0 Å². The summed E-state index contributed by atoms with van der Waals surface area (Å²) in [5.74, 6) is 0. The molecular formula is C16H25O3PSe. The molecule has 0 aliphatic carbocycles. The molecule has 3 nitrogen and oxygen atoms in total.